The SMILES string of the molecule is CCNC(=O)OC(C)(C)C.O=S(=O)(c1cccc(C(F)(F)F)c1)N1CCOc2ccc(Br)cc21. The van der Waals surface area contributed by atoms with Crippen LogP contribution in [0.25, 0.3) is 0 Å². The smallest absolute Gasteiger partial charge is 0.416 e. The molecule has 1 aliphatic rings. The monoisotopic (exact) mass is 566 g/mol. The number of nitrogens with zero attached hydrogens (tertiary/aromatic N) is 1. The van der Waals surface area contributed by atoms with Gasteiger partial charge in [0.15, 0.2) is 0 Å². The van der Waals surface area contributed by atoms with Gasteiger partial charge in [-0.25, -0.2) is 13.2 Å². The maximum absolute atomic E-state index is 12.9. The number of alkyl halides is 3. The Kier molecular flexibility index (Phi) is 8.86. The van der Waals surface area contributed by atoms with Crippen LogP contribution >= 0.6 is 15.9 Å². The highest BCUT2D eigenvalue weighted by molar-refractivity contribution is 9.10. The molecule has 0 radical (unpaired) electrons. The molecule has 1 heterocycles. The first kappa shape index (κ1) is 27.8. The second-order valence-corrected chi connectivity index (χ2v) is 10.9. The number of alkyl carbamates (subject to hydrolysis) is 1. The molecule has 0 bridgehead atoms. The van der Waals surface area contributed by atoms with Gasteiger partial charge in [-0.2, -0.15) is 13.2 Å². The van der Waals surface area contributed by atoms with E-state index >= 15 is 0 Å². The van der Waals surface area contributed by atoms with E-state index in [0.29, 0.717) is 22.8 Å². The number of ether oxygens (including phenoxy) is 2. The summed E-state index contributed by atoms with van der Waals surface area (Å²) in [6.45, 7) is 8.10. The van der Waals surface area contributed by atoms with Crippen molar-refractivity contribution in [3.8, 4) is 5.75 Å². The first-order valence-electron chi connectivity index (χ1n) is 10.2. The van der Waals surface area contributed by atoms with Crippen LogP contribution in [0.2, 0.25) is 0 Å². The van der Waals surface area contributed by atoms with Crippen LogP contribution in [-0.4, -0.2) is 39.8 Å². The molecule has 188 valence electrons. The van der Waals surface area contributed by atoms with E-state index in [4.69, 9.17) is 9.47 Å². The van der Waals surface area contributed by atoms with Crippen LogP contribution in [0, 0.1) is 0 Å². The summed E-state index contributed by atoms with van der Waals surface area (Å²) in [7, 11) is -4.14. The number of fused-ring (bicyclic) bond motifs is 1. The van der Waals surface area contributed by atoms with E-state index in [9.17, 15) is 26.4 Å². The number of carbonyl (C=O) groups is 1. The summed E-state index contributed by atoms with van der Waals surface area (Å²) in [5.41, 5.74) is -1.11. The number of sulfonamides is 1. The first-order chi connectivity index (χ1) is 15.6. The topological polar surface area (TPSA) is 84.9 Å². The third kappa shape index (κ3) is 7.52. The molecule has 7 nitrogen and oxygen atoms in total. The van der Waals surface area contributed by atoms with Crippen LogP contribution < -0.4 is 14.4 Å². The van der Waals surface area contributed by atoms with E-state index in [2.05, 4.69) is 21.2 Å². The summed E-state index contributed by atoms with van der Waals surface area (Å²) in [6, 6.07) is 8.56. The molecule has 1 aliphatic heterocycles. The number of anilines is 1. The lowest BCUT2D eigenvalue weighted by Crippen LogP contribution is -2.38. The predicted molar refractivity (Wildman–Crippen MR) is 126 cm³/mol. The highest BCUT2D eigenvalue weighted by Gasteiger charge is 2.34. The minimum atomic E-state index is -4.61. The van der Waals surface area contributed by atoms with Crippen LogP contribution in [0.1, 0.15) is 33.3 Å². The number of nitrogens with one attached hydrogen (secondary N) is 1. The lowest BCUT2D eigenvalue weighted by Gasteiger charge is -2.30. The second kappa shape index (κ2) is 10.9. The fourth-order valence-corrected chi connectivity index (χ4v) is 4.68. The van der Waals surface area contributed by atoms with Crippen molar-refractivity contribution in [2.45, 2.75) is 44.4 Å². The normalized spacial score (nSPS) is 13.7. The largest absolute Gasteiger partial charge is 0.489 e. The van der Waals surface area contributed by atoms with Gasteiger partial charge < -0.3 is 14.8 Å². The summed E-state index contributed by atoms with van der Waals surface area (Å²) < 4.78 is 76.3. The molecule has 0 aliphatic carbocycles. The van der Waals surface area contributed by atoms with Gasteiger partial charge in [-0.05, 0) is 64.1 Å². The van der Waals surface area contributed by atoms with Gasteiger partial charge in [0.1, 0.15) is 18.0 Å². The molecule has 2 aromatic rings. The van der Waals surface area contributed by atoms with Crippen molar-refractivity contribution in [2.24, 2.45) is 0 Å². The number of halogens is 4. The van der Waals surface area contributed by atoms with Gasteiger partial charge >= 0.3 is 12.3 Å². The zero-order chi connectivity index (χ0) is 25.7. The van der Waals surface area contributed by atoms with Crippen LogP contribution in [0.5, 0.6) is 5.75 Å². The van der Waals surface area contributed by atoms with Crippen molar-refractivity contribution < 1.29 is 35.9 Å². The number of hydrogen-bond donors (Lipinski definition) is 1. The lowest BCUT2D eigenvalue weighted by atomic mass is 10.2. The third-order valence-electron chi connectivity index (χ3n) is 4.21. The fraction of sp³-hybridized carbons (Fsp3) is 0.409. The Morgan fingerprint density at radius 1 is 1.18 bits per heavy atom. The molecule has 3 rings (SSSR count). The standard InChI is InChI=1S/C15H11BrF3NO3S.C7H15NO2/c16-11-4-5-14-13(9-11)20(6-7-23-14)24(21,22)12-3-1-2-10(8-12)15(17,18)19;1-5-8-6(9)10-7(2,3)4/h1-5,8-9H,6-7H2;5H2,1-4H3,(H,8,9). The molecule has 1 amide bonds. The van der Waals surface area contributed by atoms with Gasteiger partial charge in [-0.15, -0.1) is 0 Å². The van der Waals surface area contributed by atoms with Gasteiger partial charge in [0, 0.05) is 11.0 Å². The summed E-state index contributed by atoms with van der Waals surface area (Å²) in [6.07, 6.45) is -4.97. The molecule has 0 spiro atoms. The average Bonchev–Trinajstić information content (AvgIpc) is 2.72. The van der Waals surface area contributed by atoms with Crippen molar-refractivity contribution in [1.29, 1.82) is 0 Å². The van der Waals surface area contributed by atoms with Crippen LogP contribution in [0.4, 0.5) is 23.7 Å². The second-order valence-electron chi connectivity index (χ2n) is 8.10. The fourth-order valence-electron chi connectivity index (χ4n) is 2.83. The van der Waals surface area contributed by atoms with Gasteiger partial charge in [-0.1, -0.05) is 22.0 Å². The Morgan fingerprint density at radius 2 is 1.85 bits per heavy atom. The molecule has 12 heteroatoms. The molecule has 0 atom stereocenters. The van der Waals surface area contributed by atoms with Gasteiger partial charge in [0.05, 0.1) is 22.7 Å². The Hall–Kier alpha value is -2.47. The van der Waals surface area contributed by atoms with Crippen LogP contribution in [0.3, 0.4) is 0 Å². The Labute approximate surface area is 205 Å². The van der Waals surface area contributed by atoms with Crippen molar-refractivity contribution in [2.75, 3.05) is 24.0 Å². The highest BCUT2D eigenvalue weighted by atomic mass is 79.9. The lowest BCUT2D eigenvalue weighted by molar-refractivity contribution is -0.137. The van der Waals surface area contributed by atoms with Gasteiger partial charge in [-0.3, -0.25) is 4.31 Å². The van der Waals surface area contributed by atoms with Crippen LogP contribution in [0.15, 0.2) is 51.8 Å². The van der Waals surface area contributed by atoms with E-state index < -0.39 is 26.7 Å². The molecule has 0 aromatic heterocycles. The third-order valence-corrected chi connectivity index (χ3v) is 6.51. The zero-order valence-electron chi connectivity index (χ0n) is 19.1. The average molecular weight is 567 g/mol. The molecular weight excluding hydrogens is 541 g/mol. The van der Waals surface area contributed by atoms with Crippen molar-refractivity contribution >= 4 is 37.7 Å². The Balaban J connectivity index is 0.000000347. The molecule has 34 heavy (non-hydrogen) atoms. The minimum Gasteiger partial charge on any atom is -0.489 e. The Morgan fingerprint density at radius 3 is 2.44 bits per heavy atom. The zero-order valence-corrected chi connectivity index (χ0v) is 21.5. The summed E-state index contributed by atoms with van der Waals surface area (Å²) >= 11 is 3.25. The molecular formula is C22H26BrF3N2O5S. The van der Waals surface area contributed by atoms with Crippen molar-refractivity contribution in [3.05, 3.63) is 52.5 Å². The molecule has 0 unspecified atom stereocenters. The number of amides is 1. The highest BCUT2D eigenvalue weighted by Crippen LogP contribution is 2.38. The van der Waals surface area contributed by atoms with Crippen molar-refractivity contribution in [3.63, 3.8) is 0 Å². The number of carbonyl (C=O) groups excluding carboxylic acids is 1. The summed E-state index contributed by atoms with van der Waals surface area (Å²) in [4.78, 5) is 10.3. The van der Waals surface area contributed by atoms with E-state index in [0.717, 1.165) is 22.5 Å². The molecule has 1 N–H and O–H groups in total. The number of benzene rings is 2. The van der Waals surface area contributed by atoms with E-state index in [1.54, 1.807) is 18.2 Å². The predicted octanol–water partition coefficient (Wildman–Crippen LogP) is 5.59. The molecule has 2 aromatic carbocycles. The van der Waals surface area contributed by atoms with E-state index in [1.165, 1.54) is 0 Å². The summed E-state index contributed by atoms with van der Waals surface area (Å²) in [5, 5.41) is 2.54. The van der Waals surface area contributed by atoms with Crippen molar-refractivity contribution in [1.82, 2.24) is 5.32 Å². The van der Waals surface area contributed by atoms with Gasteiger partial charge in [0.2, 0.25) is 0 Å². The molecule has 0 saturated carbocycles. The van der Waals surface area contributed by atoms with E-state index in [1.807, 2.05) is 27.7 Å². The first-order valence-corrected chi connectivity index (χ1v) is 12.5. The summed E-state index contributed by atoms with van der Waals surface area (Å²) in [5.74, 6) is 0.361. The number of rotatable bonds is 3. The molecule has 0 saturated heterocycles. The minimum absolute atomic E-state index is 0.0159. The maximum Gasteiger partial charge on any atom is 0.416 e. The van der Waals surface area contributed by atoms with E-state index in [-0.39, 0.29) is 30.5 Å². The number of hydrogen-bond acceptors (Lipinski definition) is 5. The quantitative estimate of drug-likeness (QED) is 0.523. The maximum atomic E-state index is 12.9. The molecule has 0 fully saturated rings. The van der Waals surface area contributed by atoms with Crippen LogP contribution in [-0.2, 0) is 20.9 Å². The Bertz CT molecular complexity index is 1120. The van der Waals surface area contributed by atoms with Gasteiger partial charge in [0.25, 0.3) is 10.0 Å².